The Morgan fingerprint density at radius 1 is 1.45 bits per heavy atom. The molecule has 2 unspecified atom stereocenters. The van der Waals surface area contributed by atoms with Crippen LogP contribution in [0, 0.1) is 0 Å². The van der Waals surface area contributed by atoms with Crippen molar-refractivity contribution in [2.45, 2.75) is 19.1 Å². The van der Waals surface area contributed by atoms with E-state index in [0.717, 1.165) is 6.54 Å². The summed E-state index contributed by atoms with van der Waals surface area (Å²) in [4.78, 5) is 18.8. The smallest absolute Gasteiger partial charge is 0.268 e. The van der Waals surface area contributed by atoms with E-state index < -0.39 is 0 Å². The highest BCUT2D eigenvalue weighted by molar-refractivity contribution is 7.18. The monoisotopic (exact) mass is 300 g/mol. The molecule has 1 aliphatic rings. The van der Waals surface area contributed by atoms with Gasteiger partial charge in [0.15, 0.2) is 5.13 Å². The molecule has 0 bridgehead atoms. The molecule has 2 atom stereocenters. The number of amides is 1. The van der Waals surface area contributed by atoms with Gasteiger partial charge in [0, 0.05) is 33.9 Å². The molecule has 0 aromatic carbocycles. The maximum absolute atomic E-state index is 12.5. The van der Waals surface area contributed by atoms with Crippen LogP contribution >= 0.6 is 11.3 Å². The van der Waals surface area contributed by atoms with Gasteiger partial charge in [-0.2, -0.15) is 0 Å². The Balaban J connectivity index is 2.12. The molecule has 112 valence electrons. The number of nitrogen functional groups attached to an aromatic ring is 1. The Kier molecular flexibility index (Phi) is 4.79. The summed E-state index contributed by atoms with van der Waals surface area (Å²) in [6, 6.07) is 0. The van der Waals surface area contributed by atoms with Gasteiger partial charge in [0.1, 0.15) is 22.9 Å². The summed E-state index contributed by atoms with van der Waals surface area (Å²) in [5.74, 6) is 0.150. The normalized spacial score (nSPS) is 22.2. The third-order valence-electron chi connectivity index (χ3n) is 3.28. The van der Waals surface area contributed by atoms with E-state index in [1.54, 1.807) is 19.1 Å². The Hall–Kier alpha value is -1.38. The maximum Gasteiger partial charge on any atom is 0.268 e. The van der Waals surface area contributed by atoms with Crippen LogP contribution in [0.4, 0.5) is 10.9 Å². The molecule has 2 rings (SSSR count). The van der Waals surface area contributed by atoms with E-state index in [9.17, 15) is 4.79 Å². The fourth-order valence-electron chi connectivity index (χ4n) is 2.22. The van der Waals surface area contributed by atoms with Crippen molar-refractivity contribution in [3.63, 3.8) is 0 Å². The van der Waals surface area contributed by atoms with E-state index in [2.05, 4.69) is 10.3 Å². The van der Waals surface area contributed by atoms with Crippen molar-refractivity contribution in [1.29, 1.82) is 0 Å². The molecule has 8 heteroatoms. The lowest BCUT2D eigenvalue weighted by Crippen LogP contribution is -2.30. The van der Waals surface area contributed by atoms with E-state index in [1.165, 1.54) is 11.3 Å². The van der Waals surface area contributed by atoms with Gasteiger partial charge in [0.05, 0.1) is 0 Å². The van der Waals surface area contributed by atoms with Gasteiger partial charge in [0.2, 0.25) is 0 Å². The molecule has 20 heavy (non-hydrogen) atoms. The SMILES string of the molecule is CCNc1nc(N)c(C(=O)N2CC(OC)C(OC)C2)s1. The lowest BCUT2D eigenvalue weighted by molar-refractivity contribution is -0.00461. The highest BCUT2D eigenvalue weighted by Gasteiger charge is 2.37. The summed E-state index contributed by atoms with van der Waals surface area (Å²) in [6.45, 7) is 3.71. The number of methoxy groups -OCH3 is 2. The Bertz CT molecular complexity index is 467. The number of hydrogen-bond acceptors (Lipinski definition) is 7. The Morgan fingerprint density at radius 2 is 2.05 bits per heavy atom. The van der Waals surface area contributed by atoms with Crippen LogP contribution in [0.5, 0.6) is 0 Å². The van der Waals surface area contributed by atoms with Gasteiger partial charge < -0.3 is 25.4 Å². The predicted octanol–water partition coefficient (Wildman–Crippen LogP) is 0.643. The van der Waals surface area contributed by atoms with Crippen molar-refractivity contribution < 1.29 is 14.3 Å². The topological polar surface area (TPSA) is 89.7 Å². The molecule has 0 aliphatic carbocycles. The number of aromatic nitrogens is 1. The van der Waals surface area contributed by atoms with Crippen molar-refractivity contribution in [3.8, 4) is 0 Å². The summed E-state index contributed by atoms with van der Waals surface area (Å²) >= 11 is 1.28. The first-order chi connectivity index (χ1) is 9.60. The van der Waals surface area contributed by atoms with Crippen LogP contribution in [-0.4, -0.2) is 61.9 Å². The van der Waals surface area contributed by atoms with Crippen molar-refractivity contribution in [3.05, 3.63) is 4.88 Å². The van der Waals surface area contributed by atoms with Crippen molar-refractivity contribution in [2.75, 3.05) is 44.9 Å². The Labute approximate surface area is 122 Å². The number of thiazole rings is 1. The number of nitrogens with zero attached hydrogens (tertiary/aromatic N) is 2. The first-order valence-corrected chi connectivity index (χ1v) is 7.27. The van der Waals surface area contributed by atoms with Crippen LogP contribution in [0.1, 0.15) is 16.6 Å². The van der Waals surface area contributed by atoms with Crippen LogP contribution in [0.25, 0.3) is 0 Å². The zero-order valence-electron chi connectivity index (χ0n) is 11.9. The van der Waals surface area contributed by atoms with Gasteiger partial charge in [-0.25, -0.2) is 4.98 Å². The van der Waals surface area contributed by atoms with E-state index in [1.807, 2.05) is 6.92 Å². The third-order valence-corrected chi connectivity index (χ3v) is 4.30. The number of ether oxygens (including phenoxy) is 2. The van der Waals surface area contributed by atoms with E-state index >= 15 is 0 Å². The number of nitrogens with two attached hydrogens (primary N) is 1. The second-order valence-electron chi connectivity index (χ2n) is 4.52. The minimum atomic E-state index is -0.120. The average molecular weight is 300 g/mol. The number of carbonyl (C=O) groups excluding carboxylic acids is 1. The minimum absolute atomic E-state index is 0.105. The van der Waals surface area contributed by atoms with Gasteiger partial charge in [0.25, 0.3) is 5.91 Å². The van der Waals surface area contributed by atoms with Crippen LogP contribution < -0.4 is 11.1 Å². The van der Waals surface area contributed by atoms with E-state index in [-0.39, 0.29) is 23.9 Å². The molecule has 2 heterocycles. The second-order valence-corrected chi connectivity index (χ2v) is 5.52. The number of nitrogens with one attached hydrogen (secondary N) is 1. The predicted molar refractivity (Wildman–Crippen MR) is 78.2 cm³/mol. The van der Waals surface area contributed by atoms with Gasteiger partial charge in [-0.1, -0.05) is 11.3 Å². The molecule has 1 aromatic rings. The molecular weight excluding hydrogens is 280 g/mol. The molecule has 1 saturated heterocycles. The van der Waals surface area contributed by atoms with Crippen LogP contribution in [0.2, 0.25) is 0 Å². The number of anilines is 2. The van der Waals surface area contributed by atoms with Gasteiger partial charge >= 0.3 is 0 Å². The maximum atomic E-state index is 12.5. The third kappa shape index (κ3) is 2.87. The van der Waals surface area contributed by atoms with Crippen LogP contribution in [0.15, 0.2) is 0 Å². The zero-order chi connectivity index (χ0) is 14.7. The molecule has 0 saturated carbocycles. The van der Waals surface area contributed by atoms with Crippen molar-refractivity contribution in [1.82, 2.24) is 9.88 Å². The summed E-state index contributed by atoms with van der Waals surface area (Å²) in [6.07, 6.45) is -0.210. The summed E-state index contributed by atoms with van der Waals surface area (Å²) in [7, 11) is 3.24. The molecule has 0 spiro atoms. The number of hydrogen-bond donors (Lipinski definition) is 2. The van der Waals surface area contributed by atoms with E-state index in [0.29, 0.717) is 23.1 Å². The zero-order valence-corrected chi connectivity index (χ0v) is 12.7. The lowest BCUT2D eigenvalue weighted by atomic mass is 10.3. The quantitative estimate of drug-likeness (QED) is 0.829. The largest absolute Gasteiger partial charge is 0.382 e. The van der Waals surface area contributed by atoms with Crippen molar-refractivity contribution >= 4 is 28.2 Å². The molecule has 0 radical (unpaired) electrons. The standard InChI is InChI=1S/C12H20N4O3S/c1-4-14-12-15-10(13)9(20-12)11(17)16-5-7(18-2)8(6-16)19-3/h7-8H,4-6,13H2,1-3H3,(H,14,15). The van der Waals surface area contributed by atoms with Crippen LogP contribution in [-0.2, 0) is 9.47 Å². The molecule has 1 aliphatic heterocycles. The first-order valence-electron chi connectivity index (χ1n) is 6.45. The number of likely N-dealkylation sites (tertiary alicyclic amines) is 1. The van der Waals surface area contributed by atoms with Gasteiger partial charge in [-0.05, 0) is 6.92 Å². The highest BCUT2D eigenvalue weighted by Crippen LogP contribution is 2.28. The molecule has 7 nitrogen and oxygen atoms in total. The number of rotatable bonds is 5. The second kappa shape index (κ2) is 6.38. The van der Waals surface area contributed by atoms with E-state index in [4.69, 9.17) is 15.2 Å². The number of carbonyl (C=O) groups is 1. The minimum Gasteiger partial charge on any atom is -0.382 e. The van der Waals surface area contributed by atoms with Gasteiger partial charge in [-0.15, -0.1) is 0 Å². The van der Waals surface area contributed by atoms with Crippen LogP contribution in [0.3, 0.4) is 0 Å². The fourth-order valence-corrected chi connectivity index (χ4v) is 3.14. The summed E-state index contributed by atoms with van der Waals surface area (Å²) in [5.41, 5.74) is 5.82. The highest BCUT2D eigenvalue weighted by atomic mass is 32.1. The Morgan fingerprint density at radius 3 is 2.55 bits per heavy atom. The fraction of sp³-hybridized carbons (Fsp3) is 0.667. The van der Waals surface area contributed by atoms with Crippen molar-refractivity contribution in [2.24, 2.45) is 0 Å². The molecular formula is C12H20N4O3S. The molecule has 1 amide bonds. The average Bonchev–Trinajstić information content (AvgIpc) is 3.01. The molecule has 1 fully saturated rings. The summed E-state index contributed by atoms with van der Waals surface area (Å²) < 4.78 is 10.7. The van der Waals surface area contributed by atoms with Gasteiger partial charge in [-0.3, -0.25) is 4.79 Å². The molecule has 3 N–H and O–H groups in total. The summed E-state index contributed by atoms with van der Waals surface area (Å²) in [5, 5.41) is 3.73. The first kappa shape index (κ1) is 15.0. The molecule has 1 aromatic heterocycles. The lowest BCUT2D eigenvalue weighted by Gasteiger charge is -2.14.